The van der Waals surface area contributed by atoms with Crippen molar-refractivity contribution in [3.63, 3.8) is 0 Å². The number of nitrogens with one attached hydrogen (secondary N) is 4. The van der Waals surface area contributed by atoms with E-state index in [9.17, 15) is 24.3 Å². The van der Waals surface area contributed by atoms with Crippen LogP contribution in [0.15, 0.2) is 119 Å². The molecule has 3 fully saturated rings. The van der Waals surface area contributed by atoms with Crippen LogP contribution in [-0.2, 0) is 29.6 Å². The van der Waals surface area contributed by atoms with Crippen LogP contribution in [0.4, 0.5) is 5.13 Å². The molecule has 0 spiro atoms. The summed E-state index contributed by atoms with van der Waals surface area (Å²) in [6.07, 6.45) is 0.446. The van der Waals surface area contributed by atoms with Gasteiger partial charge < -0.3 is 26.3 Å². The fraction of sp³-hybridized carbons (Fsp3) is 0.237. The van der Waals surface area contributed by atoms with Crippen LogP contribution in [0.2, 0.25) is 0 Å². The summed E-state index contributed by atoms with van der Waals surface area (Å²) in [5, 5.41) is 19.9. The zero-order chi connectivity index (χ0) is 38.1. The fourth-order valence-corrected chi connectivity index (χ4v) is 9.26. The smallest absolute Gasteiger partial charge is 0.352 e. The number of carboxylic acid groups (broad SMARTS) is 1. The van der Waals surface area contributed by atoms with E-state index in [0.717, 1.165) is 28.2 Å². The number of aromatic nitrogens is 2. The first-order valence-electron chi connectivity index (χ1n) is 17.5. The molecule has 0 unspecified atom stereocenters. The number of nitrogens with two attached hydrogens (primary N) is 1. The molecule has 280 valence electrons. The van der Waals surface area contributed by atoms with E-state index in [1.165, 1.54) is 16.7 Å². The molecule has 1 aromatic heterocycles. The summed E-state index contributed by atoms with van der Waals surface area (Å²) in [6, 6.07) is 27.2. The predicted octanol–water partition coefficient (Wildman–Crippen LogP) is 2.11. The first-order valence-corrected chi connectivity index (χ1v) is 19.3. The first kappa shape index (κ1) is 36.1. The highest BCUT2D eigenvalue weighted by molar-refractivity contribution is 8.00. The highest BCUT2D eigenvalue weighted by Crippen LogP contribution is 2.45. The van der Waals surface area contributed by atoms with Gasteiger partial charge in [0, 0.05) is 65.1 Å². The lowest BCUT2D eigenvalue weighted by Gasteiger charge is -2.50. The molecule has 5 heterocycles. The lowest BCUT2D eigenvalue weighted by Crippen LogP contribution is -2.71. The summed E-state index contributed by atoms with van der Waals surface area (Å²) in [5.41, 5.74) is 14.0. The van der Waals surface area contributed by atoms with Crippen LogP contribution in [0, 0.1) is 5.92 Å². The third-order valence-electron chi connectivity index (χ3n) is 9.96. The molecule has 0 saturated carbocycles. The number of aliphatic carboxylic acids is 1. The maximum absolute atomic E-state index is 14.3. The Labute approximate surface area is 323 Å². The molecule has 17 heteroatoms. The monoisotopic (exact) mass is 777 g/mol. The molecule has 4 aliphatic rings. The van der Waals surface area contributed by atoms with E-state index in [0.29, 0.717) is 42.8 Å². The number of amides is 3. The first-order chi connectivity index (χ1) is 26.8. The SMILES string of the molecule is Nc1nc(C(=NOC(c2ccccc2)(c2ccccc2)c2ccccc2)C(=O)N[C@@H]2C(=O)N3C(C(=O)O)=C(C(=C4CCNC4=O)C4CNNC4)CS[C@H]23)ns1. The number of anilines is 1. The summed E-state index contributed by atoms with van der Waals surface area (Å²) >= 11 is 2.17. The number of β-lactam (4-membered cyclic amide) rings is 1. The van der Waals surface area contributed by atoms with Crippen LogP contribution in [0.25, 0.3) is 0 Å². The number of hydrogen-bond donors (Lipinski definition) is 6. The second-order valence-corrected chi connectivity index (χ2v) is 15.0. The molecule has 4 aliphatic heterocycles. The average Bonchev–Trinajstić information content (AvgIpc) is 4.00. The molecule has 0 aliphatic carbocycles. The number of thioether (sulfide) groups is 1. The molecule has 4 aromatic rings. The Morgan fingerprint density at radius 1 is 0.945 bits per heavy atom. The molecule has 2 atom stereocenters. The van der Waals surface area contributed by atoms with Gasteiger partial charge in [-0.3, -0.25) is 30.1 Å². The van der Waals surface area contributed by atoms with Crippen molar-refractivity contribution < 1.29 is 29.1 Å². The number of nitrogen functional groups attached to an aromatic ring is 1. The van der Waals surface area contributed by atoms with Crippen molar-refractivity contribution in [3.05, 3.63) is 136 Å². The summed E-state index contributed by atoms with van der Waals surface area (Å²) in [4.78, 5) is 66.0. The van der Waals surface area contributed by atoms with Crippen LogP contribution in [0.1, 0.15) is 28.9 Å². The van der Waals surface area contributed by atoms with Crippen molar-refractivity contribution in [1.82, 2.24) is 35.7 Å². The van der Waals surface area contributed by atoms with Gasteiger partial charge >= 0.3 is 5.97 Å². The third kappa shape index (κ3) is 6.54. The predicted molar refractivity (Wildman–Crippen MR) is 205 cm³/mol. The van der Waals surface area contributed by atoms with E-state index < -0.39 is 34.8 Å². The van der Waals surface area contributed by atoms with Gasteiger partial charge in [0.2, 0.25) is 23.0 Å². The minimum Gasteiger partial charge on any atom is -0.477 e. The topological polar surface area (TPSA) is 213 Å². The quantitative estimate of drug-likeness (QED) is 0.0425. The standard InChI is InChI=1S/C38H35N9O6S2/c39-37-44-31(46-55-37)28(45-53-38(22-10-4-1-5-11-22,23-12-6-2-7-13-23)24-14-8-3-9-15-24)33(49)43-29-34(50)47-30(36(51)52)26(20-54-35(29)47)27(21-18-41-42-19-21)25-16-17-40-32(25)48/h1-15,21,29,35,41-42H,16-20H2,(H,40,48)(H,43,49)(H,51,52)(H2,39,44,46)/t29-,35-/m1/s1. The number of nitrogens with zero attached hydrogens (tertiary/aromatic N) is 4. The maximum Gasteiger partial charge on any atom is 0.352 e. The minimum atomic E-state index is -1.34. The number of benzene rings is 3. The van der Waals surface area contributed by atoms with E-state index in [2.05, 4.69) is 36.0 Å². The van der Waals surface area contributed by atoms with Gasteiger partial charge in [0.1, 0.15) is 17.1 Å². The number of fused-ring (bicyclic) bond motifs is 1. The fourth-order valence-electron chi connectivity index (χ4n) is 7.46. The minimum absolute atomic E-state index is 0.0852. The van der Waals surface area contributed by atoms with Crippen molar-refractivity contribution in [1.29, 1.82) is 0 Å². The Morgan fingerprint density at radius 3 is 2.05 bits per heavy atom. The van der Waals surface area contributed by atoms with Gasteiger partial charge in [-0.25, -0.2) is 4.79 Å². The summed E-state index contributed by atoms with van der Waals surface area (Å²) < 4.78 is 4.25. The molecular weight excluding hydrogens is 743 g/mol. The second kappa shape index (κ2) is 15.1. The molecule has 7 N–H and O–H groups in total. The number of carboxylic acids is 1. The van der Waals surface area contributed by atoms with Gasteiger partial charge in [0.05, 0.1) is 0 Å². The second-order valence-electron chi connectivity index (χ2n) is 13.1. The molecule has 15 nitrogen and oxygen atoms in total. The van der Waals surface area contributed by atoms with Gasteiger partial charge in [0.25, 0.3) is 11.8 Å². The third-order valence-corrected chi connectivity index (χ3v) is 11.8. The molecule has 0 radical (unpaired) electrons. The number of carbonyl (C=O) groups excluding carboxylic acids is 3. The van der Waals surface area contributed by atoms with Gasteiger partial charge in [0.15, 0.2) is 5.13 Å². The van der Waals surface area contributed by atoms with E-state index in [1.807, 2.05) is 91.0 Å². The zero-order valence-corrected chi connectivity index (χ0v) is 30.7. The molecule has 8 rings (SSSR count). The van der Waals surface area contributed by atoms with E-state index in [-0.39, 0.29) is 39.9 Å². The number of rotatable bonds is 11. The Bertz CT molecular complexity index is 2140. The average molecular weight is 778 g/mol. The normalized spacial score (nSPS) is 21.2. The summed E-state index contributed by atoms with van der Waals surface area (Å²) in [6.45, 7) is 1.43. The number of hydrogen-bond acceptors (Lipinski definition) is 13. The van der Waals surface area contributed by atoms with Crippen molar-refractivity contribution in [2.45, 2.75) is 23.4 Å². The summed E-state index contributed by atoms with van der Waals surface area (Å²) in [5.74, 6) is -3.08. The highest BCUT2D eigenvalue weighted by Gasteiger charge is 2.55. The Kier molecular flexibility index (Phi) is 9.91. The Balaban J connectivity index is 1.14. The van der Waals surface area contributed by atoms with E-state index >= 15 is 0 Å². The molecular formula is C38H35N9O6S2. The van der Waals surface area contributed by atoms with Crippen molar-refractivity contribution in [2.75, 3.05) is 31.1 Å². The summed E-state index contributed by atoms with van der Waals surface area (Å²) in [7, 11) is 0. The van der Waals surface area contributed by atoms with Crippen molar-refractivity contribution in [2.24, 2.45) is 11.1 Å². The number of oxime groups is 1. The largest absolute Gasteiger partial charge is 0.477 e. The van der Waals surface area contributed by atoms with Crippen LogP contribution in [0.3, 0.4) is 0 Å². The Hall–Kier alpha value is -5.88. The van der Waals surface area contributed by atoms with Crippen LogP contribution in [0.5, 0.6) is 0 Å². The molecule has 0 bridgehead atoms. The van der Waals surface area contributed by atoms with Crippen molar-refractivity contribution >= 4 is 57.8 Å². The van der Waals surface area contributed by atoms with Crippen LogP contribution >= 0.6 is 23.3 Å². The lowest BCUT2D eigenvalue weighted by atomic mass is 9.80. The maximum atomic E-state index is 14.3. The van der Waals surface area contributed by atoms with Crippen LogP contribution < -0.4 is 27.2 Å². The molecule has 55 heavy (non-hydrogen) atoms. The van der Waals surface area contributed by atoms with Gasteiger partial charge in [-0.15, -0.1) is 11.8 Å². The lowest BCUT2D eigenvalue weighted by molar-refractivity contribution is -0.150. The zero-order valence-electron chi connectivity index (χ0n) is 29.1. The highest BCUT2D eigenvalue weighted by atomic mass is 32.2. The molecule has 3 amide bonds. The molecule has 3 aromatic carbocycles. The van der Waals surface area contributed by atoms with Gasteiger partial charge in [-0.2, -0.15) is 9.36 Å². The Morgan fingerprint density at radius 2 is 1.55 bits per heavy atom. The molecule has 3 saturated heterocycles. The van der Waals surface area contributed by atoms with E-state index in [4.69, 9.17) is 10.6 Å². The number of hydrazine groups is 1. The van der Waals surface area contributed by atoms with E-state index in [1.54, 1.807) is 0 Å². The van der Waals surface area contributed by atoms with Gasteiger partial charge in [-0.1, -0.05) is 96.2 Å². The van der Waals surface area contributed by atoms with Gasteiger partial charge in [-0.05, 0) is 17.6 Å². The van der Waals surface area contributed by atoms with Crippen LogP contribution in [-0.4, -0.2) is 85.6 Å². The number of carbonyl (C=O) groups is 4. The van der Waals surface area contributed by atoms with Crippen molar-refractivity contribution in [3.8, 4) is 0 Å².